The lowest BCUT2D eigenvalue weighted by Gasteiger charge is -2.04. The van der Waals surface area contributed by atoms with Crippen LogP contribution in [0.25, 0.3) is 11.4 Å². The van der Waals surface area contributed by atoms with E-state index in [0.29, 0.717) is 12.4 Å². The molecule has 21 heavy (non-hydrogen) atoms. The Bertz CT molecular complexity index is 742. The Morgan fingerprint density at radius 2 is 1.95 bits per heavy atom. The SMILES string of the molecule is COc1ccc(Cn2nnc(-c3ccccc3)n2)cc1F. The maximum atomic E-state index is 13.6. The van der Waals surface area contributed by atoms with E-state index in [-0.39, 0.29) is 5.75 Å². The first-order valence-corrected chi connectivity index (χ1v) is 6.42. The van der Waals surface area contributed by atoms with E-state index >= 15 is 0 Å². The molecule has 0 amide bonds. The summed E-state index contributed by atoms with van der Waals surface area (Å²) in [6.45, 7) is 0.348. The summed E-state index contributed by atoms with van der Waals surface area (Å²) >= 11 is 0. The van der Waals surface area contributed by atoms with E-state index in [1.165, 1.54) is 18.0 Å². The van der Waals surface area contributed by atoms with Crippen molar-refractivity contribution in [1.29, 1.82) is 0 Å². The van der Waals surface area contributed by atoms with E-state index in [4.69, 9.17) is 4.74 Å². The number of hydrogen-bond acceptors (Lipinski definition) is 4. The third kappa shape index (κ3) is 2.89. The molecule has 0 spiro atoms. The van der Waals surface area contributed by atoms with Gasteiger partial charge in [-0.05, 0) is 22.9 Å². The molecule has 106 valence electrons. The second-order valence-electron chi connectivity index (χ2n) is 4.48. The number of nitrogens with zero attached hydrogens (tertiary/aromatic N) is 4. The minimum atomic E-state index is -0.404. The third-order valence-electron chi connectivity index (χ3n) is 3.03. The number of halogens is 1. The van der Waals surface area contributed by atoms with Crippen LogP contribution >= 0.6 is 0 Å². The van der Waals surface area contributed by atoms with Gasteiger partial charge in [0.2, 0.25) is 5.82 Å². The van der Waals surface area contributed by atoms with Gasteiger partial charge < -0.3 is 4.74 Å². The highest BCUT2D eigenvalue weighted by Gasteiger charge is 2.08. The summed E-state index contributed by atoms with van der Waals surface area (Å²) in [5.41, 5.74) is 1.63. The van der Waals surface area contributed by atoms with Gasteiger partial charge >= 0.3 is 0 Å². The Labute approximate surface area is 121 Å². The molecule has 0 fully saturated rings. The molecule has 1 aromatic heterocycles. The summed E-state index contributed by atoms with van der Waals surface area (Å²) in [5.74, 6) is 0.359. The molecular weight excluding hydrogens is 271 g/mol. The van der Waals surface area contributed by atoms with E-state index in [0.717, 1.165) is 11.1 Å². The van der Waals surface area contributed by atoms with Crippen molar-refractivity contribution < 1.29 is 9.13 Å². The van der Waals surface area contributed by atoms with Crippen molar-refractivity contribution in [1.82, 2.24) is 20.2 Å². The molecule has 0 unspecified atom stereocenters. The Hall–Kier alpha value is -2.76. The lowest BCUT2D eigenvalue weighted by molar-refractivity contribution is 0.386. The molecule has 0 aliphatic carbocycles. The zero-order valence-electron chi connectivity index (χ0n) is 11.4. The van der Waals surface area contributed by atoms with Gasteiger partial charge in [0.1, 0.15) is 0 Å². The van der Waals surface area contributed by atoms with Gasteiger partial charge in [0.15, 0.2) is 11.6 Å². The van der Waals surface area contributed by atoms with Gasteiger partial charge in [0, 0.05) is 5.56 Å². The van der Waals surface area contributed by atoms with Crippen LogP contribution in [0.2, 0.25) is 0 Å². The standard InChI is InChI=1S/C15H13FN4O/c1-21-14-8-7-11(9-13(14)16)10-20-18-15(17-19-20)12-5-3-2-4-6-12/h2-9H,10H2,1H3. The fraction of sp³-hybridized carbons (Fsp3) is 0.133. The Balaban J connectivity index is 1.80. The monoisotopic (exact) mass is 284 g/mol. The largest absolute Gasteiger partial charge is 0.494 e. The van der Waals surface area contributed by atoms with E-state index < -0.39 is 5.82 Å². The zero-order chi connectivity index (χ0) is 14.7. The van der Waals surface area contributed by atoms with Crippen LogP contribution in [0.15, 0.2) is 48.5 Å². The first-order chi connectivity index (χ1) is 10.3. The summed E-state index contributed by atoms with van der Waals surface area (Å²) in [7, 11) is 1.43. The van der Waals surface area contributed by atoms with Crippen molar-refractivity contribution >= 4 is 0 Å². The smallest absolute Gasteiger partial charge is 0.204 e. The number of ether oxygens (including phenoxy) is 1. The molecule has 1 heterocycles. The van der Waals surface area contributed by atoms with E-state index in [1.54, 1.807) is 12.1 Å². The van der Waals surface area contributed by atoms with Gasteiger partial charge in [0.25, 0.3) is 0 Å². The molecule has 2 aromatic carbocycles. The lowest BCUT2D eigenvalue weighted by Crippen LogP contribution is -2.04. The van der Waals surface area contributed by atoms with Crippen LogP contribution in [0.3, 0.4) is 0 Å². The Kier molecular flexibility index (Phi) is 3.59. The Morgan fingerprint density at radius 1 is 1.14 bits per heavy atom. The molecule has 0 aliphatic heterocycles. The first kappa shape index (κ1) is 13.2. The van der Waals surface area contributed by atoms with Crippen molar-refractivity contribution in [3.8, 4) is 17.1 Å². The molecule has 0 bridgehead atoms. The number of tetrazole rings is 1. The second kappa shape index (κ2) is 5.70. The van der Waals surface area contributed by atoms with Gasteiger partial charge in [0.05, 0.1) is 13.7 Å². The summed E-state index contributed by atoms with van der Waals surface area (Å²) in [6, 6.07) is 14.3. The molecule has 0 saturated heterocycles. The summed E-state index contributed by atoms with van der Waals surface area (Å²) in [6.07, 6.45) is 0. The molecule has 0 atom stereocenters. The molecule has 0 aliphatic rings. The van der Waals surface area contributed by atoms with Crippen LogP contribution in [0.1, 0.15) is 5.56 Å². The molecular formula is C15H13FN4O. The normalized spacial score (nSPS) is 10.6. The summed E-state index contributed by atoms with van der Waals surface area (Å²) in [4.78, 5) is 1.43. The van der Waals surface area contributed by atoms with Gasteiger partial charge in [-0.25, -0.2) is 4.39 Å². The van der Waals surface area contributed by atoms with E-state index in [9.17, 15) is 4.39 Å². The van der Waals surface area contributed by atoms with Crippen LogP contribution in [0.4, 0.5) is 4.39 Å². The highest BCUT2D eigenvalue weighted by Crippen LogP contribution is 2.18. The highest BCUT2D eigenvalue weighted by molar-refractivity contribution is 5.52. The second-order valence-corrected chi connectivity index (χ2v) is 4.48. The van der Waals surface area contributed by atoms with Gasteiger partial charge in [-0.3, -0.25) is 0 Å². The van der Waals surface area contributed by atoms with Gasteiger partial charge in [-0.15, -0.1) is 10.2 Å². The zero-order valence-corrected chi connectivity index (χ0v) is 11.4. The van der Waals surface area contributed by atoms with Gasteiger partial charge in [-0.2, -0.15) is 4.80 Å². The van der Waals surface area contributed by atoms with Crippen LogP contribution in [0, 0.1) is 5.82 Å². The average Bonchev–Trinajstić information content (AvgIpc) is 2.97. The lowest BCUT2D eigenvalue weighted by atomic mass is 10.2. The minimum Gasteiger partial charge on any atom is -0.494 e. The molecule has 0 saturated carbocycles. The molecule has 6 heteroatoms. The van der Waals surface area contributed by atoms with Crippen molar-refractivity contribution in [3.05, 3.63) is 59.9 Å². The number of aromatic nitrogens is 4. The van der Waals surface area contributed by atoms with Crippen molar-refractivity contribution in [2.75, 3.05) is 7.11 Å². The maximum absolute atomic E-state index is 13.6. The van der Waals surface area contributed by atoms with Crippen molar-refractivity contribution in [3.63, 3.8) is 0 Å². The van der Waals surface area contributed by atoms with Crippen molar-refractivity contribution in [2.24, 2.45) is 0 Å². The van der Waals surface area contributed by atoms with Crippen LogP contribution in [-0.2, 0) is 6.54 Å². The molecule has 5 nitrogen and oxygen atoms in total. The molecule has 0 radical (unpaired) electrons. The van der Waals surface area contributed by atoms with E-state index in [1.807, 2.05) is 30.3 Å². The van der Waals surface area contributed by atoms with E-state index in [2.05, 4.69) is 15.4 Å². The molecule has 0 N–H and O–H groups in total. The topological polar surface area (TPSA) is 52.8 Å². The predicted octanol–water partition coefficient (Wildman–Crippen LogP) is 2.54. The number of rotatable bonds is 4. The molecule has 3 aromatic rings. The number of methoxy groups -OCH3 is 1. The van der Waals surface area contributed by atoms with Gasteiger partial charge in [-0.1, -0.05) is 36.4 Å². The molecule has 3 rings (SSSR count). The highest BCUT2D eigenvalue weighted by atomic mass is 19.1. The fourth-order valence-electron chi connectivity index (χ4n) is 1.98. The fourth-order valence-corrected chi connectivity index (χ4v) is 1.98. The summed E-state index contributed by atoms with van der Waals surface area (Å²) < 4.78 is 18.5. The number of hydrogen-bond donors (Lipinski definition) is 0. The van der Waals surface area contributed by atoms with Crippen molar-refractivity contribution in [2.45, 2.75) is 6.54 Å². The number of benzene rings is 2. The van der Waals surface area contributed by atoms with Crippen LogP contribution in [0.5, 0.6) is 5.75 Å². The van der Waals surface area contributed by atoms with Crippen LogP contribution < -0.4 is 4.74 Å². The summed E-state index contributed by atoms with van der Waals surface area (Å²) in [5, 5.41) is 12.3. The average molecular weight is 284 g/mol. The minimum absolute atomic E-state index is 0.218. The van der Waals surface area contributed by atoms with Crippen LogP contribution in [-0.4, -0.2) is 27.3 Å². The predicted molar refractivity (Wildman–Crippen MR) is 75.3 cm³/mol. The third-order valence-corrected chi connectivity index (χ3v) is 3.03. The quantitative estimate of drug-likeness (QED) is 0.738. The maximum Gasteiger partial charge on any atom is 0.204 e. The first-order valence-electron chi connectivity index (χ1n) is 6.42. The Morgan fingerprint density at radius 3 is 2.67 bits per heavy atom.